The predicted octanol–water partition coefficient (Wildman–Crippen LogP) is 4.69. The van der Waals surface area contributed by atoms with Crippen LogP contribution in [0.3, 0.4) is 0 Å². The summed E-state index contributed by atoms with van der Waals surface area (Å²) in [5, 5.41) is 10.4. The molecule has 1 aliphatic heterocycles. The maximum atomic E-state index is 10.4. The fraction of sp³-hybridized carbons (Fsp3) is 0.913. The number of aliphatic hydroxyl groups excluding tert-OH is 1. The first-order chi connectivity index (χ1) is 12.2. The normalized spacial score (nSPS) is 57.9. The van der Waals surface area contributed by atoms with Crippen LogP contribution in [0, 0.1) is 34.5 Å². The number of aliphatic hydroxyl groups is 1. The summed E-state index contributed by atoms with van der Waals surface area (Å²) < 4.78 is 13.1. The van der Waals surface area contributed by atoms with Gasteiger partial charge in [0.2, 0.25) is 0 Å². The molecule has 1 heterocycles. The molecule has 4 aliphatic carbocycles. The summed E-state index contributed by atoms with van der Waals surface area (Å²) in [5.74, 6) is 1.88. The molecule has 0 bridgehead atoms. The van der Waals surface area contributed by atoms with Crippen molar-refractivity contribution >= 4 is 0 Å². The second kappa shape index (κ2) is 5.36. The van der Waals surface area contributed by atoms with Gasteiger partial charge in [-0.15, -0.1) is 0 Å². The summed E-state index contributed by atoms with van der Waals surface area (Å²) in [6.07, 6.45) is 8.15. The Labute approximate surface area is 158 Å². The van der Waals surface area contributed by atoms with Gasteiger partial charge in [-0.1, -0.05) is 26.0 Å². The molecule has 0 radical (unpaired) electrons. The van der Waals surface area contributed by atoms with Crippen molar-refractivity contribution in [2.24, 2.45) is 34.5 Å². The number of ether oxygens (including phenoxy) is 2. The number of allylic oxidation sites excluding steroid dienone is 1. The van der Waals surface area contributed by atoms with Crippen LogP contribution in [0.25, 0.3) is 0 Å². The molecule has 3 heteroatoms. The van der Waals surface area contributed by atoms with Gasteiger partial charge in [0.05, 0.1) is 18.3 Å². The van der Waals surface area contributed by atoms with Crippen LogP contribution < -0.4 is 0 Å². The SMILES string of the molecule is C=C1CC[C@H]2C3C(CC[C@]12C)[C@@]1(C)CC[C@H](O)CC1[C@H]1OC(C)(C)O[C@H]31. The molecule has 4 saturated carbocycles. The zero-order valence-electron chi connectivity index (χ0n) is 17.0. The molecule has 1 N–H and O–H groups in total. The lowest BCUT2D eigenvalue weighted by molar-refractivity contribution is -0.182. The van der Waals surface area contributed by atoms with E-state index in [4.69, 9.17) is 9.47 Å². The summed E-state index contributed by atoms with van der Waals surface area (Å²) in [6.45, 7) is 13.6. The first-order valence-electron chi connectivity index (χ1n) is 10.9. The summed E-state index contributed by atoms with van der Waals surface area (Å²) in [6, 6.07) is 0. The zero-order chi connectivity index (χ0) is 18.5. The van der Waals surface area contributed by atoms with Crippen molar-refractivity contribution in [3.63, 3.8) is 0 Å². The fourth-order valence-corrected chi connectivity index (χ4v) is 8.07. The molecule has 0 aromatic carbocycles. The van der Waals surface area contributed by atoms with Crippen molar-refractivity contribution in [1.29, 1.82) is 0 Å². The Kier molecular flexibility index (Phi) is 3.65. The highest BCUT2D eigenvalue weighted by molar-refractivity contribution is 5.23. The monoisotopic (exact) mass is 360 g/mol. The average molecular weight is 361 g/mol. The van der Waals surface area contributed by atoms with Crippen molar-refractivity contribution in [1.82, 2.24) is 0 Å². The molecule has 1 saturated heterocycles. The van der Waals surface area contributed by atoms with Gasteiger partial charge in [0.25, 0.3) is 0 Å². The summed E-state index contributed by atoms with van der Waals surface area (Å²) in [7, 11) is 0. The third-order valence-corrected chi connectivity index (χ3v) is 9.46. The Morgan fingerprint density at radius 3 is 2.42 bits per heavy atom. The van der Waals surface area contributed by atoms with Crippen LogP contribution in [0.2, 0.25) is 0 Å². The molecule has 5 rings (SSSR count). The molecule has 5 aliphatic rings. The van der Waals surface area contributed by atoms with Gasteiger partial charge >= 0.3 is 0 Å². The van der Waals surface area contributed by atoms with Crippen molar-refractivity contribution < 1.29 is 14.6 Å². The van der Waals surface area contributed by atoms with Crippen molar-refractivity contribution in [3.05, 3.63) is 12.2 Å². The van der Waals surface area contributed by atoms with Gasteiger partial charge in [-0.25, -0.2) is 0 Å². The van der Waals surface area contributed by atoms with Crippen LogP contribution in [0.15, 0.2) is 12.2 Å². The van der Waals surface area contributed by atoms with E-state index in [9.17, 15) is 5.11 Å². The van der Waals surface area contributed by atoms with E-state index in [2.05, 4.69) is 34.3 Å². The maximum Gasteiger partial charge on any atom is 0.163 e. The van der Waals surface area contributed by atoms with Crippen LogP contribution in [0.5, 0.6) is 0 Å². The third kappa shape index (κ3) is 2.17. The Hall–Kier alpha value is -0.380. The van der Waals surface area contributed by atoms with E-state index in [1.54, 1.807) is 0 Å². The Balaban J connectivity index is 1.59. The highest BCUT2D eigenvalue weighted by Crippen LogP contribution is 2.69. The Bertz CT molecular complexity index is 627. The molecule has 0 aromatic heterocycles. The standard InChI is InChI=1S/C23H36O3/c1-13-6-7-15-18-16(9-11-22(13,15)4)23(5)10-8-14(24)12-17(23)19-20(18)26-21(2,3)25-19/h14-20,24H,1,6-12H2,2-5H3/t14-,15-,16?,17?,18?,19+,20+,22+,23+/m0/s1. The minimum absolute atomic E-state index is 0.141. The number of hydrogen-bond acceptors (Lipinski definition) is 3. The van der Waals surface area contributed by atoms with Gasteiger partial charge in [0.15, 0.2) is 5.79 Å². The molecule has 0 spiro atoms. The van der Waals surface area contributed by atoms with E-state index in [0.717, 1.165) is 19.3 Å². The maximum absolute atomic E-state index is 10.4. The minimum atomic E-state index is -0.503. The average Bonchev–Trinajstić information content (AvgIpc) is 3.05. The van der Waals surface area contributed by atoms with Crippen LogP contribution in [0.4, 0.5) is 0 Å². The van der Waals surface area contributed by atoms with E-state index < -0.39 is 5.79 Å². The van der Waals surface area contributed by atoms with Gasteiger partial charge < -0.3 is 14.6 Å². The van der Waals surface area contributed by atoms with Crippen molar-refractivity contribution in [3.8, 4) is 0 Å². The van der Waals surface area contributed by atoms with Crippen LogP contribution in [-0.4, -0.2) is 29.2 Å². The van der Waals surface area contributed by atoms with Gasteiger partial charge in [-0.05, 0) is 93.3 Å². The first-order valence-corrected chi connectivity index (χ1v) is 10.9. The minimum Gasteiger partial charge on any atom is -0.393 e. The van der Waals surface area contributed by atoms with Crippen molar-refractivity contribution in [2.75, 3.05) is 0 Å². The molecule has 3 unspecified atom stereocenters. The second-order valence-electron chi connectivity index (χ2n) is 11.0. The van der Waals surface area contributed by atoms with Gasteiger partial charge in [-0.2, -0.15) is 0 Å². The third-order valence-electron chi connectivity index (χ3n) is 9.46. The molecule has 5 fully saturated rings. The van der Waals surface area contributed by atoms with E-state index in [1.165, 1.54) is 31.3 Å². The summed E-state index contributed by atoms with van der Waals surface area (Å²) >= 11 is 0. The Morgan fingerprint density at radius 2 is 1.65 bits per heavy atom. The second-order valence-corrected chi connectivity index (χ2v) is 11.0. The molecular formula is C23H36O3. The molecule has 146 valence electrons. The topological polar surface area (TPSA) is 38.7 Å². The van der Waals surface area contributed by atoms with Gasteiger partial charge in [-0.3, -0.25) is 0 Å². The molecule has 3 nitrogen and oxygen atoms in total. The quantitative estimate of drug-likeness (QED) is 0.637. The van der Waals surface area contributed by atoms with E-state index in [-0.39, 0.29) is 23.7 Å². The lowest BCUT2D eigenvalue weighted by Gasteiger charge is -2.62. The number of fused-ring (bicyclic) bond motifs is 8. The van der Waals surface area contributed by atoms with Crippen molar-refractivity contribution in [2.45, 2.75) is 96.7 Å². The fourth-order valence-electron chi connectivity index (χ4n) is 8.07. The van der Waals surface area contributed by atoms with Crippen LogP contribution >= 0.6 is 0 Å². The highest BCUT2D eigenvalue weighted by Gasteiger charge is 2.67. The smallest absolute Gasteiger partial charge is 0.163 e. The number of hydrogen-bond donors (Lipinski definition) is 1. The van der Waals surface area contributed by atoms with E-state index in [1.807, 2.05) is 0 Å². The van der Waals surface area contributed by atoms with E-state index in [0.29, 0.717) is 29.1 Å². The molecular weight excluding hydrogens is 324 g/mol. The zero-order valence-corrected chi connectivity index (χ0v) is 17.0. The summed E-state index contributed by atoms with van der Waals surface area (Å²) in [4.78, 5) is 0. The summed E-state index contributed by atoms with van der Waals surface area (Å²) in [5.41, 5.74) is 2.04. The Morgan fingerprint density at radius 1 is 0.923 bits per heavy atom. The van der Waals surface area contributed by atoms with Gasteiger partial charge in [0, 0.05) is 0 Å². The lowest BCUT2D eigenvalue weighted by Crippen LogP contribution is -2.63. The first kappa shape index (κ1) is 17.7. The predicted molar refractivity (Wildman–Crippen MR) is 101 cm³/mol. The van der Waals surface area contributed by atoms with E-state index >= 15 is 0 Å². The molecule has 9 atom stereocenters. The molecule has 26 heavy (non-hydrogen) atoms. The number of rotatable bonds is 0. The van der Waals surface area contributed by atoms with Crippen LogP contribution in [-0.2, 0) is 9.47 Å². The molecule has 0 amide bonds. The largest absolute Gasteiger partial charge is 0.393 e. The highest BCUT2D eigenvalue weighted by atomic mass is 16.8. The van der Waals surface area contributed by atoms with Gasteiger partial charge in [0.1, 0.15) is 0 Å². The van der Waals surface area contributed by atoms with Crippen LogP contribution in [0.1, 0.15) is 72.6 Å². The molecule has 0 aromatic rings. The lowest BCUT2D eigenvalue weighted by atomic mass is 9.43.